The molecule has 1 rings (SSSR count). The van der Waals surface area contributed by atoms with E-state index in [-0.39, 0.29) is 12.3 Å². The zero-order valence-electron chi connectivity index (χ0n) is 14.3. The summed E-state index contributed by atoms with van der Waals surface area (Å²) < 4.78 is 10.6. The number of imide groups is 1. The summed E-state index contributed by atoms with van der Waals surface area (Å²) in [6.07, 6.45) is 0. The van der Waals surface area contributed by atoms with Crippen molar-refractivity contribution in [2.75, 3.05) is 32.6 Å². The summed E-state index contributed by atoms with van der Waals surface area (Å²) in [5, 5.41) is 4.48. The number of aryl methyl sites for hydroxylation is 2. The van der Waals surface area contributed by atoms with E-state index in [2.05, 4.69) is 26.6 Å². The minimum atomic E-state index is -0.691. The molecule has 0 aromatic heterocycles. The second kappa shape index (κ2) is 11.1. The molecule has 25 heavy (non-hydrogen) atoms. The van der Waals surface area contributed by atoms with Crippen LogP contribution in [0, 0.1) is 13.8 Å². The molecule has 0 radical (unpaired) electrons. The minimum Gasteiger partial charge on any atom is -0.455 e. The van der Waals surface area contributed by atoms with Gasteiger partial charge in [0.25, 0.3) is 5.91 Å². The first-order chi connectivity index (χ1) is 11.8. The number of hydrogen-bond donors (Lipinski definition) is 2. The van der Waals surface area contributed by atoms with E-state index in [0.717, 1.165) is 20.5 Å². The number of methoxy groups -OCH3 is 1. The average Bonchev–Trinajstić information content (AvgIpc) is 2.55. The molecule has 0 saturated carbocycles. The van der Waals surface area contributed by atoms with Crippen molar-refractivity contribution >= 4 is 45.6 Å². The number of carbonyl (C=O) groups excluding carboxylic acids is 3. The molecule has 0 aliphatic carbocycles. The highest BCUT2D eigenvalue weighted by atomic mass is 79.9. The molecular formula is C16H21BrN2O5S. The zero-order chi connectivity index (χ0) is 18.8. The topological polar surface area (TPSA) is 93.7 Å². The number of ether oxygens (including phenoxy) is 2. The molecule has 0 fully saturated rings. The van der Waals surface area contributed by atoms with Crippen molar-refractivity contribution in [1.82, 2.24) is 10.6 Å². The fourth-order valence-corrected chi connectivity index (χ4v) is 3.07. The van der Waals surface area contributed by atoms with Crippen LogP contribution in [0.3, 0.4) is 0 Å². The van der Waals surface area contributed by atoms with Crippen LogP contribution in [0.2, 0.25) is 0 Å². The van der Waals surface area contributed by atoms with Crippen LogP contribution in [0.15, 0.2) is 21.5 Å². The largest absolute Gasteiger partial charge is 0.455 e. The van der Waals surface area contributed by atoms with E-state index in [9.17, 15) is 14.4 Å². The van der Waals surface area contributed by atoms with Crippen LogP contribution in [0.5, 0.6) is 0 Å². The van der Waals surface area contributed by atoms with Crippen molar-refractivity contribution in [2.45, 2.75) is 18.7 Å². The molecule has 0 atom stereocenters. The summed E-state index contributed by atoms with van der Waals surface area (Å²) >= 11 is 4.79. The van der Waals surface area contributed by atoms with Gasteiger partial charge in [-0.3, -0.25) is 14.9 Å². The summed E-state index contributed by atoms with van der Waals surface area (Å²) in [5.41, 5.74) is 2.11. The Morgan fingerprint density at radius 3 is 2.60 bits per heavy atom. The van der Waals surface area contributed by atoms with Crippen LogP contribution in [0.25, 0.3) is 0 Å². The lowest BCUT2D eigenvalue weighted by Gasteiger charge is -2.09. The van der Waals surface area contributed by atoms with Crippen molar-refractivity contribution in [3.8, 4) is 0 Å². The molecule has 138 valence electrons. The molecule has 7 nitrogen and oxygen atoms in total. The number of nitrogens with one attached hydrogen (secondary N) is 2. The molecule has 2 N–H and O–H groups in total. The normalized spacial score (nSPS) is 10.2. The number of carbonyl (C=O) groups is 3. The lowest BCUT2D eigenvalue weighted by molar-refractivity contribution is -0.145. The number of benzene rings is 1. The highest BCUT2D eigenvalue weighted by molar-refractivity contribution is 9.10. The van der Waals surface area contributed by atoms with Crippen LogP contribution in [-0.4, -0.2) is 50.5 Å². The molecule has 9 heteroatoms. The van der Waals surface area contributed by atoms with Gasteiger partial charge in [-0.25, -0.2) is 4.79 Å². The number of rotatable bonds is 8. The highest BCUT2D eigenvalue weighted by Gasteiger charge is 2.12. The first kappa shape index (κ1) is 21.5. The molecule has 0 spiro atoms. The number of esters is 1. The molecule has 1 aromatic rings. The standard InChI is InChI=1S/C16H21BrN2O5S/c1-10-7-13(11(2)6-12(10)17)25-9-15(21)24-8-14(20)19-16(22)18-4-5-23-3/h6-7H,4-5,8-9H2,1-3H3,(H2,18,19,20,22). The van der Waals surface area contributed by atoms with Gasteiger partial charge in [0.2, 0.25) is 0 Å². The van der Waals surface area contributed by atoms with Crippen molar-refractivity contribution in [1.29, 1.82) is 0 Å². The number of amides is 3. The predicted molar refractivity (Wildman–Crippen MR) is 98.7 cm³/mol. The maximum Gasteiger partial charge on any atom is 0.321 e. The first-order valence-electron chi connectivity index (χ1n) is 7.45. The third-order valence-electron chi connectivity index (χ3n) is 3.01. The molecule has 0 aliphatic rings. The summed E-state index contributed by atoms with van der Waals surface area (Å²) in [6.45, 7) is 4.03. The molecule has 0 aliphatic heterocycles. The Labute approximate surface area is 159 Å². The highest BCUT2D eigenvalue weighted by Crippen LogP contribution is 2.28. The van der Waals surface area contributed by atoms with Crippen LogP contribution >= 0.6 is 27.7 Å². The Hall–Kier alpha value is -1.58. The Bertz CT molecular complexity index is 639. The first-order valence-corrected chi connectivity index (χ1v) is 9.23. The summed E-state index contributed by atoms with van der Waals surface area (Å²) in [4.78, 5) is 35.5. The third-order valence-corrected chi connectivity index (χ3v) is 5.00. The van der Waals surface area contributed by atoms with Gasteiger partial charge < -0.3 is 14.8 Å². The SMILES string of the molecule is COCCNC(=O)NC(=O)COC(=O)CSc1cc(C)c(Br)cc1C. The van der Waals surface area contributed by atoms with E-state index < -0.39 is 24.5 Å². The van der Waals surface area contributed by atoms with E-state index in [1.807, 2.05) is 26.0 Å². The third kappa shape index (κ3) is 8.37. The van der Waals surface area contributed by atoms with Gasteiger partial charge in [-0.15, -0.1) is 11.8 Å². The number of thioether (sulfide) groups is 1. The second-order valence-corrected chi connectivity index (χ2v) is 6.98. The van der Waals surface area contributed by atoms with Gasteiger partial charge in [-0.05, 0) is 37.1 Å². The molecular weight excluding hydrogens is 412 g/mol. The van der Waals surface area contributed by atoms with Gasteiger partial charge in [0.1, 0.15) is 0 Å². The Balaban J connectivity index is 2.32. The molecule has 0 unspecified atom stereocenters. The van der Waals surface area contributed by atoms with Gasteiger partial charge in [0.15, 0.2) is 6.61 Å². The Morgan fingerprint density at radius 1 is 1.20 bits per heavy atom. The number of urea groups is 1. The van der Waals surface area contributed by atoms with E-state index >= 15 is 0 Å². The van der Waals surface area contributed by atoms with Crippen molar-refractivity contribution in [3.63, 3.8) is 0 Å². The van der Waals surface area contributed by atoms with E-state index in [0.29, 0.717) is 6.61 Å². The molecule has 0 bridgehead atoms. The maximum absolute atomic E-state index is 11.7. The van der Waals surface area contributed by atoms with Crippen molar-refractivity contribution in [2.24, 2.45) is 0 Å². The number of halogens is 1. The summed E-state index contributed by atoms with van der Waals surface area (Å²) in [5.74, 6) is -1.14. The van der Waals surface area contributed by atoms with Crippen LogP contribution in [0.1, 0.15) is 11.1 Å². The fraction of sp³-hybridized carbons (Fsp3) is 0.438. The van der Waals surface area contributed by atoms with Crippen LogP contribution < -0.4 is 10.6 Å². The maximum atomic E-state index is 11.7. The Morgan fingerprint density at radius 2 is 1.92 bits per heavy atom. The fourth-order valence-electron chi connectivity index (χ4n) is 1.71. The van der Waals surface area contributed by atoms with Crippen LogP contribution in [-0.2, 0) is 19.1 Å². The van der Waals surface area contributed by atoms with Gasteiger partial charge in [0.05, 0.1) is 12.4 Å². The van der Waals surface area contributed by atoms with E-state index in [1.54, 1.807) is 0 Å². The predicted octanol–water partition coefficient (Wildman–Crippen LogP) is 2.17. The quantitative estimate of drug-likeness (QED) is 0.371. The van der Waals surface area contributed by atoms with Crippen molar-refractivity contribution in [3.05, 3.63) is 27.7 Å². The van der Waals surface area contributed by atoms with Crippen molar-refractivity contribution < 1.29 is 23.9 Å². The Kier molecular flexibility index (Phi) is 9.54. The van der Waals surface area contributed by atoms with E-state index in [1.165, 1.54) is 18.9 Å². The number of hydrogen-bond acceptors (Lipinski definition) is 6. The summed E-state index contributed by atoms with van der Waals surface area (Å²) in [7, 11) is 1.50. The van der Waals surface area contributed by atoms with Crippen LogP contribution in [0.4, 0.5) is 4.79 Å². The molecule has 1 aromatic carbocycles. The average molecular weight is 433 g/mol. The lowest BCUT2D eigenvalue weighted by atomic mass is 10.2. The lowest BCUT2D eigenvalue weighted by Crippen LogP contribution is -2.42. The van der Waals surface area contributed by atoms with Gasteiger partial charge in [0, 0.05) is 23.0 Å². The molecule has 0 saturated heterocycles. The van der Waals surface area contributed by atoms with E-state index in [4.69, 9.17) is 9.47 Å². The summed E-state index contributed by atoms with van der Waals surface area (Å²) in [6, 6.07) is 3.31. The van der Waals surface area contributed by atoms with Gasteiger partial charge in [-0.2, -0.15) is 0 Å². The minimum absolute atomic E-state index is 0.0786. The second-order valence-electron chi connectivity index (χ2n) is 5.11. The van der Waals surface area contributed by atoms with Gasteiger partial charge >= 0.3 is 12.0 Å². The van der Waals surface area contributed by atoms with Gasteiger partial charge in [-0.1, -0.05) is 15.9 Å². The zero-order valence-corrected chi connectivity index (χ0v) is 16.7. The molecule has 0 heterocycles. The molecule has 3 amide bonds. The smallest absolute Gasteiger partial charge is 0.321 e. The monoisotopic (exact) mass is 432 g/mol.